The van der Waals surface area contributed by atoms with Gasteiger partial charge in [-0.25, -0.2) is 9.18 Å². The van der Waals surface area contributed by atoms with E-state index in [9.17, 15) is 9.18 Å². The smallest absolute Gasteiger partial charge is 0.328 e. The van der Waals surface area contributed by atoms with E-state index in [2.05, 4.69) is 5.32 Å². The number of urea groups is 1. The van der Waals surface area contributed by atoms with Crippen LogP contribution in [0.4, 0.5) is 14.9 Å². The van der Waals surface area contributed by atoms with Crippen LogP contribution in [0.1, 0.15) is 11.1 Å². The molecular formula is C11H15FN4O. The minimum atomic E-state index is -0.532. The molecule has 0 aliphatic rings. The molecule has 0 spiro atoms. The Morgan fingerprint density at radius 2 is 1.88 bits per heavy atom. The van der Waals surface area contributed by atoms with Crippen molar-refractivity contribution in [1.82, 2.24) is 5.32 Å². The first-order chi connectivity index (χ1) is 7.82. The topological polar surface area (TPSA) is 82.2 Å². The van der Waals surface area contributed by atoms with Crippen molar-refractivity contribution in [2.24, 2.45) is 5.73 Å². The van der Waals surface area contributed by atoms with Crippen molar-refractivity contribution in [3.8, 4) is 0 Å². The molecule has 4 N–H and O–H groups in total. The number of nitrogens with two attached hydrogens (primary N) is 1. The van der Waals surface area contributed by atoms with Gasteiger partial charge < -0.3 is 5.73 Å². The predicted octanol–water partition coefficient (Wildman–Crippen LogP) is 1.48. The van der Waals surface area contributed by atoms with Crippen LogP contribution in [0, 0.1) is 25.1 Å². The lowest BCUT2D eigenvalue weighted by atomic mass is 10.1. The quantitative estimate of drug-likeness (QED) is 0.511. The van der Waals surface area contributed by atoms with Crippen molar-refractivity contribution in [1.29, 1.82) is 5.41 Å². The molecule has 5 nitrogen and oxygen atoms in total. The van der Waals surface area contributed by atoms with Gasteiger partial charge in [-0.3, -0.25) is 15.6 Å². The van der Waals surface area contributed by atoms with Crippen molar-refractivity contribution in [3.05, 3.63) is 29.1 Å². The van der Waals surface area contributed by atoms with Crippen LogP contribution < -0.4 is 16.0 Å². The first-order valence-corrected chi connectivity index (χ1v) is 4.98. The molecule has 0 saturated heterocycles. The summed E-state index contributed by atoms with van der Waals surface area (Å²) >= 11 is 0. The zero-order valence-corrected chi connectivity index (χ0v) is 9.97. The van der Waals surface area contributed by atoms with E-state index in [1.165, 1.54) is 24.1 Å². The van der Waals surface area contributed by atoms with Gasteiger partial charge in [-0.15, -0.1) is 0 Å². The molecule has 2 amide bonds. The lowest BCUT2D eigenvalue weighted by molar-refractivity contribution is 0.251. The Kier molecular flexibility index (Phi) is 3.67. The number of carbonyl (C=O) groups is 1. The Balaban J connectivity index is 3.08. The molecule has 17 heavy (non-hydrogen) atoms. The van der Waals surface area contributed by atoms with Gasteiger partial charge in [-0.2, -0.15) is 0 Å². The number of benzene rings is 1. The largest absolute Gasteiger partial charge is 0.370 e. The van der Waals surface area contributed by atoms with Crippen LogP contribution in [-0.4, -0.2) is 19.0 Å². The molecule has 1 aromatic carbocycles. The van der Waals surface area contributed by atoms with Gasteiger partial charge in [0.2, 0.25) is 0 Å². The maximum Gasteiger partial charge on any atom is 0.328 e. The molecule has 0 fully saturated rings. The molecule has 0 aliphatic carbocycles. The van der Waals surface area contributed by atoms with Gasteiger partial charge in [0.25, 0.3) is 0 Å². The third kappa shape index (κ3) is 2.93. The first kappa shape index (κ1) is 13.0. The van der Waals surface area contributed by atoms with E-state index in [1.807, 2.05) is 0 Å². The van der Waals surface area contributed by atoms with Crippen LogP contribution in [0.2, 0.25) is 0 Å². The van der Waals surface area contributed by atoms with Gasteiger partial charge >= 0.3 is 6.03 Å². The van der Waals surface area contributed by atoms with Crippen molar-refractivity contribution in [2.45, 2.75) is 13.8 Å². The summed E-state index contributed by atoms with van der Waals surface area (Å²) in [5, 5.41) is 9.15. The van der Waals surface area contributed by atoms with Crippen molar-refractivity contribution in [2.75, 3.05) is 11.9 Å². The van der Waals surface area contributed by atoms with Crippen molar-refractivity contribution >= 4 is 17.7 Å². The highest BCUT2D eigenvalue weighted by molar-refractivity contribution is 6.02. The summed E-state index contributed by atoms with van der Waals surface area (Å²) in [6.07, 6.45) is 0. The molecule has 0 aliphatic heterocycles. The van der Waals surface area contributed by atoms with E-state index in [-0.39, 0.29) is 5.82 Å². The second kappa shape index (κ2) is 4.82. The lowest BCUT2D eigenvalue weighted by Crippen LogP contribution is -2.44. The Hall–Kier alpha value is -2.11. The normalized spacial score (nSPS) is 9.88. The molecule has 1 aromatic rings. The second-order valence-electron chi connectivity index (χ2n) is 3.79. The van der Waals surface area contributed by atoms with Crippen LogP contribution >= 0.6 is 0 Å². The Morgan fingerprint density at radius 1 is 1.41 bits per heavy atom. The summed E-state index contributed by atoms with van der Waals surface area (Å²) in [5.74, 6) is -0.775. The fourth-order valence-corrected chi connectivity index (χ4v) is 1.73. The number of halogens is 1. The number of amides is 2. The van der Waals surface area contributed by atoms with E-state index in [0.29, 0.717) is 16.8 Å². The highest BCUT2D eigenvalue weighted by atomic mass is 19.1. The second-order valence-corrected chi connectivity index (χ2v) is 3.79. The summed E-state index contributed by atoms with van der Waals surface area (Å²) in [6.45, 7) is 3.42. The minimum Gasteiger partial charge on any atom is -0.370 e. The maximum absolute atomic E-state index is 13.1. The third-order valence-corrected chi connectivity index (χ3v) is 2.34. The number of nitrogens with zero attached hydrogens (tertiary/aromatic N) is 1. The van der Waals surface area contributed by atoms with Gasteiger partial charge in [0.1, 0.15) is 5.82 Å². The van der Waals surface area contributed by atoms with Crippen molar-refractivity contribution < 1.29 is 9.18 Å². The molecular weight excluding hydrogens is 223 g/mol. The number of aryl methyl sites for hydroxylation is 2. The fourth-order valence-electron chi connectivity index (χ4n) is 1.73. The zero-order chi connectivity index (χ0) is 13.2. The minimum absolute atomic E-state index is 0.343. The van der Waals surface area contributed by atoms with Crippen LogP contribution in [0.25, 0.3) is 0 Å². The predicted molar refractivity (Wildman–Crippen MR) is 64.7 cm³/mol. The van der Waals surface area contributed by atoms with Gasteiger partial charge in [0.15, 0.2) is 5.96 Å². The highest BCUT2D eigenvalue weighted by Gasteiger charge is 2.16. The molecule has 0 unspecified atom stereocenters. The number of carbonyl (C=O) groups excluding carboxylic acids is 1. The molecule has 0 radical (unpaired) electrons. The first-order valence-electron chi connectivity index (χ1n) is 4.98. The number of hydrogen-bond acceptors (Lipinski definition) is 2. The highest BCUT2D eigenvalue weighted by Crippen LogP contribution is 2.24. The third-order valence-electron chi connectivity index (χ3n) is 2.34. The van der Waals surface area contributed by atoms with Crippen molar-refractivity contribution in [3.63, 3.8) is 0 Å². The summed E-state index contributed by atoms with van der Waals surface area (Å²) < 4.78 is 13.1. The van der Waals surface area contributed by atoms with E-state index < -0.39 is 12.0 Å². The molecule has 1 rings (SSSR count). The average Bonchev–Trinajstić information content (AvgIpc) is 2.14. The number of guanidine groups is 1. The number of rotatable bonds is 1. The van der Waals surface area contributed by atoms with Crippen LogP contribution in [0.15, 0.2) is 12.1 Å². The van der Waals surface area contributed by atoms with Gasteiger partial charge in [-0.1, -0.05) is 0 Å². The number of anilines is 1. The Labute approximate surface area is 98.9 Å². The van der Waals surface area contributed by atoms with Gasteiger partial charge in [0.05, 0.1) is 5.69 Å². The molecule has 0 saturated carbocycles. The zero-order valence-electron chi connectivity index (χ0n) is 9.97. The molecule has 0 bridgehead atoms. The SMILES string of the molecule is Cc1cc(F)cc(C)c1N(C)C(=O)NC(=N)N. The van der Waals surface area contributed by atoms with Gasteiger partial charge in [0, 0.05) is 7.05 Å². The van der Waals surface area contributed by atoms with Crippen LogP contribution in [0.5, 0.6) is 0 Å². The summed E-state index contributed by atoms with van der Waals surface area (Å²) in [7, 11) is 1.53. The summed E-state index contributed by atoms with van der Waals surface area (Å²) in [5.41, 5.74) is 6.96. The average molecular weight is 238 g/mol. The molecule has 6 heteroatoms. The lowest BCUT2D eigenvalue weighted by Gasteiger charge is -2.21. The van der Waals surface area contributed by atoms with Gasteiger partial charge in [-0.05, 0) is 37.1 Å². The number of hydrogen-bond donors (Lipinski definition) is 3. The standard InChI is InChI=1S/C11H15FN4O/c1-6-4-8(12)5-7(2)9(6)16(3)11(17)15-10(13)14/h4-5H,1-3H3,(H4,13,14,15,17). The summed E-state index contributed by atoms with van der Waals surface area (Å²) in [6, 6.07) is 2.16. The Bertz CT molecular complexity index is 450. The summed E-state index contributed by atoms with van der Waals surface area (Å²) in [4.78, 5) is 12.9. The van der Waals surface area contributed by atoms with E-state index in [4.69, 9.17) is 11.1 Å². The molecule has 0 aromatic heterocycles. The van der Waals surface area contributed by atoms with E-state index >= 15 is 0 Å². The molecule has 0 heterocycles. The van der Waals surface area contributed by atoms with E-state index in [1.54, 1.807) is 13.8 Å². The van der Waals surface area contributed by atoms with E-state index in [0.717, 1.165) is 0 Å². The fraction of sp³-hybridized carbons (Fsp3) is 0.273. The molecule has 0 atom stereocenters. The maximum atomic E-state index is 13.1. The van der Waals surface area contributed by atoms with Crippen LogP contribution in [0.3, 0.4) is 0 Å². The number of nitrogens with one attached hydrogen (secondary N) is 2. The molecule has 92 valence electrons. The Morgan fingerprint density at radius 3 is 2.29 bits per heavy atom. The van der Waals surface area contributed by atoms with Crippen LogP contribution in [-0.2, 0) is 0 Å². The monoisotopic (exact) mass is 238 g/mol.